The maximum absolute atomic E-state index is 13.2. The van der Waals surface area contributed by atoms with Crippen LogP contribution in [0.15, 0.2) is 54.6 Å². The van der Waals surface area contributed by atoms with Crippen molar-refractivity contribution < 1.29 is 15.0 Å². The quantitative estimate of drug-likeness (QED) is 0.751. The molecule has 0 unspecified atom stereocenters. The van der Waals surface area contributed by atoms with E-state index < -0.39 is 11.0 Å². The summed E-state index contributed by atoms with van der Waals surface area (Å²) in [6.07, 6.45) is 5.59. The van der Waals surface area contributed by atoms with E-state index in [0.29, 0.717) is 24.9 Å². The average Bonchev–Trinajstić information content (AvgIpc) is 3.62. The number of likely N-dealkylation sites (tertiary alicyclic amines) is 1. The van der Waals surface area contributed by atoms with Crippen LogP contribution in [0.4, 0.5) is 0 Å². The number of nitrogens with zero attached hydrogens (tertiary/aromatic N) is 2. The van der Waals surface area contributed by atoms with Gasteiger partial charge in [0.05, 0.1) is 5.60 Å². The van der Waals surface area contributed by atoms with Crippen molar-refractivity contribution in [2.24, 2.45) is 5.92 Å². The van der Waals surface area contributed by atoms with E-state index in [1.54, 1.807) is 6.07 Å². The van der Waals surface area contributed by atoms with Crippen LogP contribution in [0.1, 0.15) is 54.4 Å². The van der Waals surface area contributed by atoms with Crippen molar-refractivity contribution >= 4 is 5.91 Å². The van der Waals surface area contributed by atoms with Gasteiger partial charge in [0.25, 0.3) is 5.91 Å². The number of aliphatic hydroxyl groups is 1. The Kier molecular flexibility index (Phi) is 5.50. The van der Waals surface area contributed by atoms with Gasteiger partial charge in [-0.1, -0.05) is 30.3 Å². The lowest BCUT2D eigenvalue weighted by atomic mass is 9.55. The Hall–Kier alpha value is -2.37. The molecule has 2 saturated carbocycles. The molecule has 0 spiro atoms. The number of aromatic hydroxyl groups is 1. The number of hydrogen-bond acceptors (Lipinski definition) is 4. The van der Waals surface area contributed by atoms with Gasteiger partial charge in [0.2, 0.25) is 0 Å². The van der Waals surface area contributed by atoms with E-state index >= 15 is 0 Å². The van der Waals surface area contributed by atoms with Gasteiger partial charge < -0.3 is 20.0 Å². The molecule has 2 N–H and O–H groups in total. The van der Waals surface area contributed by atoms with Gasteiger partial charge in [-0.3, -0.25) is 4.79 Å². The minimum absolute atomic E-state index is 0.0262. The van der Waals surface area contributed by atoms with E-state index in [2.05, 4.69) is 4.90 Å². The molecule has 170 valence electrons. The van der Waals surface area contributed by atoms with E-state index in [-0.39, 0.29) is 17.7 Å². The molecule has 1 aliphatic heterocycles. The van der Waals surface area contributed by atoms with Gasteiger partial charge in [0.1, 0.15) is 5.75 Å². The van der Waals surface area contributed by atoms with Crippen LogP contribution in [-0.4, -0.2) is 64.2 Å². The summed E-state index contributed by atoms with van der Waals surface area (Å²) in [6.45, 7) is 2.69. The number of β-amino-alcohol motifs (C(OH)–C–C–N with tert-alkyl or cyclic N) is 1. The number of amides is 1. The van der Waals surface area contributed by atoms with Crippen molar-refractivity contribution in [1.29, 1.82) is 0 Å². The van der Waals surface area contributed by atoms with E-state index in [1.807, 2.05) is 60.5 Å². The molecule has 3 aliphatic rings. The fourth-order valence-electron chi connectivity index (χ4n) is 6.14. The summed E-state index contributed by atoms with van der Waals surface area (Å²) in [7, 11) is 1.89. The second-order valence-corrected chi connectivity index (χ2v) is 10.3. The third kappa shape index (κ3) is 3.82. The molecule has 1 heterocycles. The van der Waals surface area contributed by atoms with E-state index in [1.165, 1.54) is 12.8 Å². The highest BCUT2D eigenvalue weighted by atomic mass is 16.3. The number of rotatable bonds is 5. The molecule has 2 aromatic carbocycles. The Balaban J connectivity index is 1.45. The fraction of sp³-hybridized carbons (Fsp3) is 0.519. The zero-order chi connectivity index (χ0) is 22.3. The summed E-state index contributed by atoms with van der Waals surface area (Å²) in [6, 6.07) is 16.9. The number of carbonyl (C=O) groups excluding carboxylic acids is 1. The van der Waals surface area contributed by atoms with Gasteiger partial charge in [-0.2, -0.15) is 0 Å². The summed E-state index contributed by atoms with van der Waals surface area (Å²) < 4.78 is 0. The summed E-state index contributed by atoms with van der Waals surface area (Å²) in [5.74, 6) is 1.05. The third-order valence-electron chi connectivity index (χ3n) is 8.21. The van der Waals surface area contributed by atoms with Gasteiger partial charge in [0, 0.05) is 37.2 Å². The first kappa shape index (κ1) is 21.5. The minimum Gasteiger partial charge on any atom is -0.508 e. The second-order valence-electron chi connectivity index (χ2n) is 10.3. The zero-order valence-electron chi connectivity index (χ0n) is 18.9. The fourth-order valence-corrected chi connectivity index (χ4v) is 6.14. The monoisotopic (exact) mass is 434 g/mol. The molecule has 32 heavy (non-hydrogen) atoms. The Bertz CT molecular complexity index is 976. The predicted octanol–water partition coefficient (Wildman–Crippen LogP) is 3.80. The zero-order valence-corrected chi connectivity index (χ0v) is 18.9. The molecule has 5 nitrogen and oxygen atoms in total. The van der Waals surface area contributed by atoms with E-state index in [0.717, 1.165) is 37.4 Å². The highest BCUT2D eigenvalue weighted by Gasteiger charge is 2.58. The number of hydrogen-bond donors (Lipinski definition) is 2. The van der Waals surface area contributed by atoms with Crippen LogP contribution >= 0.6 is 0 Å². The van der Waals surface area contributed by atoms with E-state index in [9.17, 15) is 15.0 Å². The SMILES string of the molecule is CN(C(=O)c1ccccc1)[C@H]1CC[C@]2(O)CN(CC3CC3)CC[C@@]2(c2cccc(O)c2)C1. The maximum Gasteiger partial charge on any atom is 0.253 e. The van der Waals surface area contributed by atoms with Crippen LogP contribution in [0.2, 0.25) is 0 Å². The van der Waals surface area contributed by atoms with Crippen LogP contribution in [0, 0.1) is 5.92 Å². The van der Waals surface area contributed by atoms with Crippen molar-refractivity contribution in [3.8, 4) is 5.75 Å². The van der Waals surface area contributed by atoms with Crippen LogP contribution in [0.3, 0.4) is 0 Å². The lowest BCUT2D eigenvalue weighted by Crippen LogP contribution is -2.67. The second kappa shape index (κ2) is 8.20. The van der Waals surface area contributed by atoms with Crippen molar-refractivity contribution in [3.05, 3.63) is 65.7 Å². The molecular weight excluding hydrogens is 400 g/mol. The number of fused-ring (bicyclic) bond motifs is 1. The molecule has 2 aliphatic carbocycles. The molecule has 1 saturated heterocycles. The Morgan fingerprint density at radius 3 is 2.59 bits per heavy atom. The maximum atomic E-state index is 13.2. The van der Waals surface area contributed by atoms with Crippen LogP contribution < -0.4 is 0 Å². The molecule has 3 atom stereocenters. The number of phenols is 1. The number of piperidine rings is 1. The molecule has 0 aromatic heterocycles. The molecular formula is C27H34N2O3. The lowest BCUT2D eigenvalue weighted by molar-refractivity contribution is -0.132. The van der Waals surface area contributed by atoms with Gasteiger partial charge in [-0.05, 0) is 80.8 Å². The molecule has 2 aromatic rings. The topological polar surface area (TPSA) is 64.0 Å². The Morgan fingerprint density at radius 1 is 1.09 bits per heavy atom. The van der Waals surface area contributed by atoms with Gasteiger partial charge in [0.15, 0.2) is 0 Å². The number of phenolic OH excluding ortho intramolecular Hbond substituents is 1. The van der Waals surface area contributed by atoms with Crippen LogP contribution in [-0.2, 0) is 5.41 Å². The summed E-state index contributed by atoms with van der Waals surface area (Å²) in [5.41, 5.74) is 0.360. The molecule has 5 heteroatoms. The first-order chi connectivity index (χ1) is 15.4. The van der Waals surface area contributed by atoms with Crippen molar-refractivity contribution in [1.82, 2.24) is 9.80 Å². The standard InChI is InChI=1S/C27H34N2O3/c1-28(25(31)21-6-3-2-4-7-21)23-12-13-27(32)19-29(18-20-10-11-20)15-14-26(27,17-23)22-8-5-9-24(30)16-22/h2-9,16,20,23,30,32H,10-15,17-19H2,1H3/t23-,26-,27-/m0/s1. The summed E-state index contributed by atoms with van der Waals surface area (Å²) in [4.78, 5) is 17.5. The number of carbonyl (C=O) groups is 1. The Morgan fingerprint density at radius 2 is 1.88 bits per heavy atom. The van der Waals surface area contributed by atoms with E-state index in [4.69, 9.17) is 0 Å². The first-order valence-corrected chi connectivity index (χ1v) is 12.0. The normalized spacial score (nSPS) is 30.5. The molecule has 1 amide bonds. The Labute approximate surface area is 190 Å². The lowest BCUT2D eigenvalue weighted by Gasteiger charge is -2.59. The molecule has 0 bridgehead atoms. The highest BCUT2D eigenvalue weighted by Crippen LogP contribution is 2.53. The predicted molar refractivity (Wildman–Crippen MR) is 125 cm³/mol. The van der Waals surface area contributed by atoms with Gasteiger partial charge in [-0.15, -0.1) is 0 Å². The summed E-state index contributed by atoms with van der Waals surface area (Å²) in [5, 5.41) is 22.4. The number of benzene rings is 2. The molecule has 5 rings (SSSR count). The van der Waals surface area contributed by atoms with Crippen molar-refractivity contribution in [3.63, 3.8) is 0 Å². The third-order valence-corrected chi connectivity index (χ3v) is 8.21. The van der Waals surface area contributed by atoms with Crippen LogP contribution in [0.5, 0.6) is 5.75 Å². The molecule has 0 radical (unpaired) electrons. The van der Waals surface area contributed by atoms with Crippen LogP contribution in [0.25, 0.3) is 0 Å². The smallest absolute Gasteiger partial charge is 0.253 e. The summed E-state index contributed by atoms with van der Waals surface area (Å²) >= 11 is 0. The largest absolute Gasteiger partial charge is 0.508 e. The average molecular weight is 435 g/mol. The van der Waals surface area contributed by atoms with Gasteiger partial charge in [-0.25, -0.2) is 0 Å². The van der Waals surface area contributed by atoms with Crippen molar-refractivity contribution in [2.45, 2.75) is 55.6 Å². The highest BCUT2D eigenvalue weighted by molar-refractivity contribution is 5.94. The van der Waals surface area contributed by atoms with Crippen molar-refractivity contribution in [2.75, 3.05) is 26.7 Å². The molecule has 3 fully saturated rings. The van der Waals surface area contributed by atoms with Gasteiger partial charge >= 0.3 is 0 Å². The minimum atomic E-state index is -0.860. The first-order valence-electron chi connectivity index (χ1n) is 12.0.